The van der Waals surface area contributed by atoms with E-state index in [1.807, 2.05) is 0 Å². The summed E-state index contributed by atoms with van der Waals surface area (Å²) >= 11 is 0. The number of halogens is 3. The molecule has 0 aliphatic heterocycles. The lowest BCUT2D eigenvalue weighted by Gasteiger charge is -2.15. The first-order valence-corrected chi connectivity index (χ1v) is 11.1. The molecule has 0 aliphatic carbocycles. The molecule has 0 fully saturated rings. The minimum absolute atomic E-state index is 0.0377. The second-order valence-electron chi connectivity index (χ2n) is 7.20. The maximum atomic E-state index is 13.2. The van der Waals surface area contributed by atoms with Crippen LogP contribution in [-0.2, 0) is 16.2 Å². The van der Waals surface area contributed by atoms with Gasteiger partial charge < -0.3 is 10.3 Å². The van der Waals surface area contributed by atoms with E-state index in [4.69, 9.17) is 11.7 Å². The van der Waals surface area contributed by atoms with Crippen LogP contribution in [0.1, 0.15) is 24.1 Å². The van der Waals surface area contributed by atoms with Gasteiger partial charge in [-0.2, -0.15) is 13.2 Å². The fourth-order valence-corrected chi connectivity index (χ4v) is 3.63. The van der Waals surface area contributed by atoms with Gasteiger partial charge >= 0.3 is 6.18 Å². The summed E-state index contributed by atoms with van der Waals surface area (Å²) in [6, 6.07) is 3.28. The monoisotopic (exact) mass is 488 g/mol. The molecule has 0 radical (unpaired) electrons. The number of fused-ring (bicyclic) bond motifs is 1. The lowest BCUT2D eigenvalue weighted by molar-refractivity contribution is -0.137. The number of hydrogen-bond acceptors (Lipinski definition) is 7. The lowest BCUT2D eigenvalue weighted by Crippen LogP contribution is -2.15. The highest BCUT2D eigenvalue weighted by Crippen LogP contribution is 2.37. The zero-order valence-electron chi connectivity index (χ0n) is 17.3. The Bertz CT molecular complexity index is 1530. The lowest BCUT2D eigenvalue weighted by atomic mass is 10.1. The second kappa shape index (κ2) is 8.36. The van der Waals surface area contributed by atoms with Gasteiger partial charge in [-0.15, -0.1) is 0 Å². The van der Waals surface area contributed by atoms with Crippen LogP contribution in [0.2, 0.25) is 0 Å². The highest BCUT2D eigenvalue weighted by Gasteiger charge is 2.31. The SMILES string of the molecule is [C-]#[N+]c1cnc(N[C@H](C)c2ccc(S(N)(=O)=O)nc2)nc1-c1c[nH]c2ncc(C(F)(F)F)cc12. The molecular weight excluding hydrogens is 473 g/mol. The first-order valence-electron chi connectivity index (χ1n) is 9.52. The van der Waals surface area contributed by atoms with Crippen LogP contribution < -0.4 is 10.5 Å². The molecule has 174 valence electrons. The number of pyridine rings is 2. The molecule has 10 nitrogen and oxygen atoms in total. The number of nitrogens with one attached hydrogen (secondary N) is 2. The molecule has 0 spiro atoms. The predicted octanol–water partition coefficient (Wildman–Crippen LogP) is 3.80. The Hall–Kier alpha value is -4.09. The number of nitrogens with two attached hydrogens (primary N) is 1. The fraction of sp³-hybridized carbons (Fsp3) is 0.150. The highest BCUT2D eigenvalue weighted by molar-refractivity contribution is 7.89. The quantitative estimate of drug-likeness (QED) is 0.362. The van der Waals surface area contributed by atoms with Crippen molar-refractivity contribution in [2.24, 2.45) is 5.14 Å². The van der Waals surface area contributed by atoms with Gasteiger partial charge in [-0.25, -0.2) is 38.3 Å². The van der Waals surface area contributed by atoms with Crippen LogP contribution in [0.25, 0.3) is 27.1 Å². The smallest absolute Gasteiger partial charge is 0.348 e. The van der Waals surface area contributed by atoms with E-state index in [1.54, 1.807) is 6.92 Å². The van der Waals surface area contributed by atoms with E-state index in [9.17, 15) is 21.6 Å². The Morgan fingerprint density at radius 3 is 2.56 bits per heavy atom. The number of H-pyrrole nitrogens is 1. The number of aromatic nitrogens is 5. The normalized spacial score (nSPS) is 12.9. The Morgan fingerprint density at radius 2 is 1.94 bits per heavy atom. The molecule has 1 atom stereocenters. The molecule has 4 aromatic heterocycles. The summed E-state index contributed by atoms with van der Waals surface area (Å²) in [7, 11) is -3.94. The summed E-state index contributed by atoms with van der Waals surface area (Å²) in [6.07, 6.45) is 0.154. The zero-order valence-corrected chi connectivity index (χ0v) is 18.1. The largest absolute Gasteiger partial charge is 0.417 e. The Kier molecular flexibility index (Phi) is 5.67. The number of rotatable bonds is 5. The van der Waals surface area contributed by atoms with Crippen molar-refractivity contribution in [3.63, 3.8) is 0 Å². The number of primary sulfonamides is 1. The van der Waals surface area contributed by atoms with Crippen LogP contribution in [0, 0.1) is 6.57 Å². The molecule has 34 heavy (non-hydrogen) atoms. The molecule has 4 rings (SSSR count). The van der Waals surface area contributed by atoms with Crippen molar-refractivity contribution in [1.82, 2.24) is 24.9 Å². The average molecular weight is 488 g/mol. The van der Waals surface area contributed by atoms with Crippen LogP contribution in [0.5, 0.6) is 0 Å². The average Bonchev–Trinajstić information content (AvgIpc) is 3.21. The summed E-state index contributed by atoms with van der Waals surface area (Å²) in [4.78, 5) is 22.3. The van der Waals surface area contributed by atoms with Gasteiger partial charge in [-0.05, 0) is 24.6 Å². The van der Waals surface area contributed by atoms with E-state index in [2.05, 4.69) is 35.1 Å². The number of sulfonamides is 1. The summed E-state index contributed by atoms with van der Waals surface area (Å²) < 4.78 is 62.3. The maximum Gasteiger partial charge on any atom is 0.417 e. The third-order valence-corrected chi connectivity index (χ3v) is 5.72. The minimum Gasteiger partial charge on any atom is -0.348 e. The molecule has 14 heteroatoms. The Morgan fingerprint density at radius 1 is 1.18 bits per heavy atom. The van der Waals surface area contributed by atoms with Gasteiger partial charge in [0.2, 0.25) is 11.6 Å². The summed E-state index contributed by atoms with van der Waals surface area (Å²) in [6.45, 7) is 9.15. The van der Waals surface area contributed by atoms with Crippen molar-refractivity contribution in [1.29, 1.82) is 0 Å². The van der Waals surface area contributed by atoms with Crippen LogP contribution in [-0.4, -0.2) is 33.3 Å². The van der Waals surface area contributed by atoms with Crippen molar-refractivity contribution in [3.8, 4) is 11.3 Å². The molecule has 0 bridgehead atoms. The first kappa shape index (κ1) is 23.1. The van der Waals surface area contributed by atoms with Gasteiger partial charge in [0.1, 0.15) is 5.65 Å². The molecular formula is C20H15F3N8O2S. The van der Waals surface area contributed by atoms with Crippen LogP contribution >= 0.6 is 0 Å². The fourth-order valence-electron chi connectivity index (χ4n) is 3.17. The summed E-state index contributed by atoms with van der Waals surface area (Å²) in [5.74, 6) is 0.0970. The number of alkyl halides is 3. The van der Waals surface area contributed by atoms with Crippen molar-refractivity contribution >= 4 is 32.7 Å². The van der Waals surface area contributed by atoms with Gasteiger partial charge in [-0.3, -0.25) is 0 Å². The van der Waals surface area contributed by atoms with Gasteiger partial charge in [0.05, 0.1) is 23.9 Å². The van der Waals surface area contributed by atoms with Crippen LogP contribution in [0.4, 0.5) is 24.8 Å². The van der Waals surface area contributed by atoms with Crippen molar-refractivity contribution in [3.05, 3.63) is 65.5 Å². The number of hydrogen-bond donors (Lipinski definition) is 3. The summed E-state index contributed by atoms with van der Waals surface area (Å²) in [5, 5.41) is 7.92. The van der Waals surface area contributed by atoms with Crippen molar-refractivity contribution < 1.29 is 21.6 Å². The molecule has 0 saturated heterocycles. The van der Waals surface area contributed by atoms with Crippen molar-refractivity contribution in [2.75, 3.05) is 5.32 Å². The van der Waals surface area contributed by atoms with E-state index >= 15 is 0 Å². The second-order valence-corrected chi connectivity index (χ2v) is 8.71. The molecule has 0 aromatic carbocycles. The first-order chi connectivity index (χ1) is 16.0. The summed E-state index contributed by atoms with van der Waals surface area (Å²) in [5.41, 5.74) is 0.295. The van der Waals surface area contributed by atoms with E-state index in [0.29, 0.717) is 5.56 Å². The molecule has 4 N–H and O–H groups in total. The third kappa shape index (κ3) is 4.51. The van der Waals surface area contributed by atoms with E-state index < -0.39 is 27.8 Å². The zero-order chi connectivity index (χ0) is 24.7. The predicted molar refractivity (Wildman–Crippen MR) is 116 cm³/mol. The van der Waals surface area contributed by atoms with Gasteiger partial charge in [-0.1, -0.05) is 6.07 Å². The third-order valence-electron chi connectivity index (χ3n) is 4.90. The van der Waals surface area contributed by atoms with E-state index in [1.165, 1.54) is 30.7 Å². The van der Waals surface area contributed by atoms with E-state index in [0.717, 1.165) is 12.3 Å². The maximum absolute atomic E-state index is 13.2. The molecule has 0 unspecified atom stereocenters. The Labute approximate surface area is 191 Å². The van der Waals surface area contributed by atoms with Gasteiger partial charge in [0.25, 0.3) is 10.0 Å². The number of anilines is 1. The van der Waals surface area contributed by atoms with Crippen molar-refractivity contribution in [2.45, 2.75) is 24.2 Å². The van der Waals surface area contributed by atoms with Gasteiger partial charge in [0, 0.05) is 35.7 Å². The standard InChI is InChI=1S/C20H15F3N8O2S/c1-10(11-3-4-16(26-6-11)34(24,32)33)30-19-29-9-15(25-2)17(31-19)14-8-28-18-13(14)5-12(7-27-18)20(21,22)23/h3-10H,1H3,(H,27,28)(H2,24,32,33)(H,29,30,31)/t10-/m1/s1. The number of nitrogens with zero attached hydrogens (tertiary/aromatic N) is 5. The molecule has 4 aromatic rings. The van der Waals surface area contributed by atoms with Crippen LogP contribution in [0.15, 0.2) is 48.0 Å². The van der Waals surface area contributed by atoms with E-state index in [-0.39, 0.29) is 39.0 Å². The van der Waals surface area contributed by atoms with Crippen LogP contribution in [0.3, 0.4) is 0 Å². The highest BCUT2D eigenvalue weighted by atomic mass is 32.2. The Balaban J connectivity index is 1.70. The molecule has 0 amide bonds. The van der Waals surface area contributed by atoms with Gasteiger partial charge in [0.15, 0.2) is 5.03 Å². The molecule has 0 saturated carbocycles. The minimum atomic E-state index is -4.58. The number of aromatic amines is 1. The molecule has 0 aliphatic rings. The topological polar surface area (TPSA) is 144 Å². The molecule has 4 heterocycles.